The van der Waals surface area contributed by atoms with E-state index < -0.39 is 0 Å². The van der Waals surface area contributed by atoms with Gasteiger partial charge in [-0.25, -0.2) is 9.97 Å². The molecular formula is C14H16N4O. The molecule has 0 aliphatic heterocycles. The highest BCUT2D eigenvalue weighted by Gasteiger charge is 2.04. The maximum Gasteiger partial charge on any atom is 0.251 e. The zero-order valence-corrected chi connectivity index (χ0v) is 10.8. The van der Waals surface area contributed by atoms with Gasteiger partial charge in [0.25, 0.3) is 5.91 Å². The molecule has 0 saturated heterocycles. The van der Waals surface area contributed by atoms with Gasteiger partial charge in [-0.15, -0.1) is 0 Å². The predicted molar refractivity (Wildman–Crippen MR) is 73.8 cm³/mol. The molecule has 0 aliphatic rings. The van der Waals surface area contributed by atoms with Gasteiger partial charge in [-0.3, -0.25) is 4.79 Å². The minimum Gasteiger partial charge on any atom is -0.381 e. The van der Waals surface area contributed by atoms with Gasteiger partial charge in [0, 0.05) is 42.3 Å². The number of hydrogen-bond acceptors (Lipinski definition) is 4. The van der Waals surface area contributed by atoms with E-state index in [1.54, 1.807) is 18.5 Å². The quantitative estimate of drug-likeness (QED) is 0.856. The number of amides is 1. The Morgan fingerprint density at radius 3 is 2.79 bits per heavy atom. The van der Waals surface area contributed by atoms with Crippen molar-refractivity contribution in [3.63, 3.8) is 0 Å². The SMILES string of the molecule is CCNC(=O)c1cccc(NCc2cncnc2)c1. The van der Waals surface area contributed by atoms with Crippen LogP contribution < -0.4 is 10.6 Å². The highest BCUT2D eigenvalue weighted by Crippen LogP contribution is 2.11. The molecule has 2 N–H and O–H groups in total. The van der Waals surface area contributed by atoms with Crippen LogP contribution in [0.2, 0.25) is 0 Å². The molecule has 0 bridgehead atoms. The Morgan fingerprint density at radius 2 is 2.05 bits per heavy atom. The summed E-state index contributed by atoms with van der Waals surface area (Å²) >= 11 is 0. The average Bonchev–Trinajstić information content (AvgIpc) is 2.47. The van der Waals surface area contributed by atoms with E-state index in [9.17, 15) is 4.79 Å². The number of carbonyl (C=O) groups excluding carboxylic acids is 1. The maximum absolute atomic E-state index is 11.7. The van der Waals surface area contributed by atoms with Gasteiger partial charge in [0.15, 0.2) is 0 Å². The Bertz CT molecular complexity index is 542. The first kappa shape index (κ1) is 13.0. The normalized spacial score (nSPS) is 9.95. The number of nitrogens with zero attached hydrogens (tertiary/aromatic N) is 2. The van der Waals surface area contributed by atoms with Crippen molar-refractivity contribution in [1.29, 1.82) is 0 Å². The van der Waals surface area contributed by atoms with Gasteiger partial charge in [-0.2, -0.15) is 0 Å². The monoisotopic (exact) mass is 256 g/mol. The lowest BCUT2D eigenvalue weighted by Crippen LogP contribution is -2.22. The molecule has 5 heteroatoms. The standard InChI is InChI=1S/C14H16N4O/c1-2-17-14(19)12-4-3-5-13(6-12)18-9-11-7-15-10-16-8-11/h3-8,10,18H,2,9H2,1H3,(H,17,19). The van der Waals surface area contributed by atoms with E-state index in [1.165, 1.54) is 6.33 Å². The third kappa shape index (κ3) is 3.77. The first-order valence-electron chi connectivity index (χ1n) is 6.15. The predicted octanol–water partition coefficient (Wildman–Crippen LogP) is 1.84. The summed E-state index contributed by atoms with van der Waals surface area (Å²) in [6, 6.07) is 7.40. The summed E-state index contributed by atoms with van der Waals surface area (Å²) < 4.78 is 0. The van der Waals surface area contributed by atoms with Crippen LogP contribution >= 0.6 is 0 Å². The lowest BCUT2D eigenvalue weighted by atomic mass is 10.2. The highest BCUT2D eigenvalue weighted by atomic mass is 16.1. The molecule has 0 aliphatic carbocycles. The van der Waals surface area contributed by atoms with E-state index >= 15 is 0 Å². The first-order valence-corrected chi connectivity index (χ1v) is 6.15. The number of benzene rings is 1. The molecule has 5 nitrogen and oxygen atoms in total. The van der Waals surface area contributed by atoms with Crippen LogP contribution in [-0.4, -0.2) is 22.4 Å². The van der Waals surface area contributed by atoms with Gasteiger partial charge < -0.3 is 10.6 Å². The summed E-state index contributed by atoms with van der Waals surface area (Å²) in [6.07, 6.45) is 5.01. The van der Waals surface area contributed by atoms with Crippen LogP contribution in [0.1, 0.15) is 22.8 Å². The molecule has 0 fully saturated rings. The third-order valence-electron chi connectivity index (χ3n) is 2.57. The Kier molecular flexibility index (Phi) is 4.44. The highest BCUT2D eigenvalue weighted by molar-refractivity contribution is 5.95. The molecule has 0 unspecified atom stereocenters. The smallest absolute Gasteiger partial charge is 0.251 e. The van der Waals surface area contributed by atoms with Crippen LogP contribution in [0.25, 0.3) is 0 Å². The average molecular weight is 256 g/mol. The van der Waals surface area contributed by atoms with E-state index in [-0.39, 0.29) is 5.91 Å². The van der Waals surface area contributed by atoms with E-state index in [0.29, 0.717) is 18.7 Å². The second-order valence-corrected chi connectivity index (χ2v) is 4.04. The summed E-state index contributed by atoms with van der Waals surface area (Å²) in [4.78, 5) is 19.6. The summed E-state index contributed by atoms with van der Waals surface area (Å²) in [5, 5.41) is 6.01. The molecular weight excluding hydrogens is 240 g/mol. The maximum atomic E-state index is 11.7. The largest absolute Gasteiger partial charge is 0.381 e. The van der Waals surface area contributed by atoms with Crippen molar-refractivity contribution >= 4 is 11.6 Å². The van der Waals surface area contributed by atoms with Crippen LogP contribution in [0.4, 0.5) is 5.69 Å². The van der Waals surface area contributed by atoms with Crippen molar-refractivity contribution < 1.29 is 4.79 Å². The van der Waals surface area contributed by atoms with Crippen LogP contribution in [0.15, 0.2) is 43.0 Å². The fraction of sp³-hybridized carbons (Fsp3) is 0.214. The van der Waals surface area contributed by atoms with Crippen molar-refractivity contribution in [3.05, 3.63) is 54.1 Å². The number of hydrogen-bond donors (Lipinski definition) is 2. The van der Waals surface area contributed by atoms with Gasteiger partial charge in [0.1, 0.15) is 6.33 Å². The molecule has 1 aromatic heterocycles. The second-order valence-electron chi connectivity index (χ2n) is 4.04. The number of nitrogens with one attached hydrogen (secondary N) is 2. The molecule has 1 aromatic carbocycles. The fourth-order valence-electron chi connectivity index (χ4n) is 1.66. The van der Waals surface area contributed by atoms with Crippen LogP contribution in [0.5, 0.6) is 0 Å². The Labute approximate surface area is 112 Å². The van der Waals surface area contributed by atoms with Crippen LogP contribution in [0, 0.1) is 0 Å². The molecule has 0 saturated carbocycles. The number of rotatable bonds is 5. The summed E-state index contributed by atoms with van der Waals surface area (Å²) in [5.74, 6) is -0.0609. The topological polar surface area (TPSA) is 66.9 Å². The molecule has 1 amide bonds. The molecule has 2 aromatic rings. The molecule has 98 valence electrons. The minimum absolute atomic E-state index is 0.0609. The Hall–Kier alpha value is -2.43. The van der Waals surface area contributed by atoms with Crippen molar-refractivity contribution in [2.75, 3.05) is 11.9 Å². The molecule has 19 heavy (non-hydrogen) atoms. The molecule has 2 rings (SSSR count). The first-order chi connectivity index (χ1) is 9.29. The van der Waals surface area contributed by atoms with Gasteiger partial charge in [-0.1, -0.05) is 6.07 Å². The zero-order valence-electron chi connectivity index (χ0n) is 10.8. The van der Waals surface area contributed by atoms with Crippen LogP contribution in [0.3, 0.4) is 0 Å². The van der Waals surface area contributed by atoms with E-state index in [4.69, 9.17) is 0 Å². The second kappa shape index (κ2) is 6.49. The molecule has 0 spiro atoms. The van der Waals surface area contributed by atoms with Gasteiger partial charge in [0.2, 0.25) is 0 Å². The minimum atomic E-state index is -0.0609. The third-order valence-corrected chi connectivity index (χ3v) is 2.57. The number of anilines is 1. The van der Waals surface area contributed by atoms with Gasteiger partial charge >= 0.3 is 0 Å². The molecule has 0 radical (unpaired) electrons. The Balaban J connectivity index is 2.01. The van der Waals surface area contributed by atoms with E-state index in [0.717, 1.165) is 11.3 Å². The van der Waals surface area contributed by atoms with E-state index in [1.807, 2.05) is 25.1 Å². The van der Waals surface area contributed by atoms with E-state index in [2.05, 4.69) is 20.6 Å². The van der Waals surface area contributed by atoms with Crippen molar-refractivity contribution in [2.24, 2.45) is 0 Å². The lowest BCUT2D eigenvalue weighted by molar-refractivity contribution is 0.0956. The van der Waals surface area contributed by atoms with Crippen molar-refractivity contribution in [1.82, 2.24) is 15.3 Å². The summed E-state index contributed by atoms with van der Waals surface area (Å²) in [7, 11) is 0. The zero-order chi connectivity index (χ0) is 13.5. The fourth-order valence-corrected chi connectivity index (χ4v) is 1.66. The number of carbonyl (C=O) groups is 1. The van der Waals surface area contributed by atoms with Crippen LogP contribution in [-0.2, 0) is 6.54 Å². The van der Waals surface area contributed by atoms with Crippen molar-refractivity contribution in [3.8, 4) is 0 Å². The van der Waals surface area contributed by atoms with Gasteiger partial charge in [0.05, 0.1) is 0 Å². The summed E-state index contributed by atoms with van der Waals surface area (Å²) in [6.45, 7) is 3.15. The molecule has 1 heterocycles. The molecule has 0 atom stereocenters. The lowest BCUT2D eigenvalue weighted by Gasteiger charge is -2.08. The number of aromatic nitrogens is 2. The Morgan fingerprint density at radius 1 is 1.26 bits per heavy atom. The summed E-state index contributed by atoms with van der Waals surface area (Å²) in [5.41, 5.74) is 2.54. The van der Waals surface area contributed by atoms with Gasteiger partial charge in [-0.05, 0) is 25.1 Å². The van der Waals surface area contributed by atoms with Crippen molar-refractivity contribution in [2.45, 2.75) is 13.5 Å².